The Balaban J connectivity index is 2.36. The summed E-state index contributed by atoms with van der Waals surface area (Å²) in [6.07, 6.45) is 0. The highest BCUT2D eigenvalue weighted by Crippen LogP contribution is 2.17. The Morgan fingerprint density at radius 2 is 1.88 bits per heavy atom. The molecular formula is C11H22N2O3. The average Bonchev–Trinajstić information content (AvgIpc) is 2.19. The van der Waals surface area contributed by atoms with Gasteiger partial charge in [-0.3, -0.25) is 10.1 Å². The lowest BCUT2D eigenvalue weighted by Gasteiger charge is -2.36. The predicted octanol–water partition coefficient (Wildman–Crippen LogP) is 0.204. The van der Waals surface area contributed by atoms with E-state index < -0.39 is 5.79 Å². The number of hydrogen-bond acceptors (Lipinski definition) is 4. The monoisotopic (exact) mass is 230 g/mol. The molecule has 1 unspecified atom stereocenters. The number of carbonyl (C=O) groups excluding carboxylic acids is 1. The maximum Gasteiger partial charge on any atom is 0.238 e. The van der Waals surface area contributed by atoms with Gasteiger partial charge in [-0.25, -0.2) is 0 Å². The van der Waals surface area contributed by atoms with Crippen molar-refractivity contribution in [3.63, 3.8) is 0 Å². The number of rotatable bonds is 3. The van der Waals surface area contributed by atoms with Crippen molar-refractivity contribution in [2.24, 2.45) is 0 Å². The zero-order chi connectivity index (χ0) is 12.3. The third-order valence-electron chi connectivity index (χ3n) is 2.56. The van der Waals surface area contributed by atoms with E-state index in [-0.39, 0.29) is 18.0 Å². The van der Waals surface area contributed by atoms with E-state index in [0.717, 1.165) is 0 Å². The van der Waals surface area contributed by atoms with Crippen LogP contribution in [0.5, 0.6) is 0 Å². The van der Waals surface area contributed by atoms with Gasteiger partial charge in [0.25, 0.3) is 0 Å². The largest absolute Gasteiger partial charge is 0.349 e. The van der Waals surface area contributed by atoms with Crippen LogP contribution in [0, 0.1) is 0 Å². The van der Waals surface area contributed by atoms with Crippen molar-refractivity contribution in [1.82, 2.24) is 10.2 Å². The van der Waals surface area contributed by atoms with Crippen molar-refractivity contribution in [2.75, 3.05) is 27.3 Å². The van der Waals surface area contributed by atoms with Crippen LogP contribution in [-0.4, -0.2) is 56.0 Å². The Kier molecular flexibility index (Phi) is 4.29. The topological polar surface area (TPSA) is 50.8 Å². The Morgan fingerprint density at radius 1 is 1.38 bits per heavy atom. The molecule has 1 fully saturated rings. The van der Waals surface area contributed by atoms with E-state index in [1.165, 1.54) is 0 Å². The molecule has 5 nitrogen and oxygen atoms in total. The number of nitrogens with zero attached hydrogens (tertiary/aromatic N) is 1. The number of hydrogen-bond donors (Lipinski definition) is 1. The van der Waals surface area contributed by atoms with E-state index in [1.807, 2.05) is 20.8 Å². The highest BCUT2D eigenvalue weighted by atomic mass is 16.7. The molecule has 0 aromatic heterocycles. The highest BCUT2D eigenvalue weighted by molar-refractivity contribution is 5.80. The van der Waals surface area contributed by atoms with E-state index in [4.69, 9.17) is 9.47 Å². The SMILES string of the molecule is CC(NC1COC(C)(C)OC1)C(=O)N(C)C. The summed E-state index contributed by atoms with van der Waals surface area (Å²) in [7, 11) is 3.50. The summed E-state index contributed by atoms with van der Waals surface area (Å²) in [5.74, 6) is -0.447. The lowest BCUT2D eigenvalue weighted by atomic mass is 10.2. The zero-order valence-electron chi connectivity index (χ0n) is 10.7. The molecule has 0 aromatic carbocycles. The molecule has 16 heavy (non-hydrogen) atoms. The molecule has 0 aromatic rings. The minimum atomic E-state index is -0.507. The Bertz CT molecular complexity index is 244. The first-order valence-corrected chi connectivity index (χ1v) is 5.57. The molecule has 0 aliphatic carbocycles. The summed E-state index contributed by atoms with van der Waals surface area (Å²) >= 11 is 0. The van der Waals surface area contributed by atoms with Crippen LogP contribution in [0.1, 0.15) is 20.8 Å². The summed E-state index contributed by atoms with van der Waals surface area (Å²) < 4.78 is 11.0. The summed E-state index contributed by atoms with van der Waals surface area (Å²) in [4.78, 5) is 13.2. The van der Waals surface area contributed by atoms with E-state index in [9.17, 15) is 4.79 Å². The Hall–Kier alpha value is -0.650. The van der Waals surface area contributed by atoms with Crippen molar-refractivity contribution < 1.29 is 14.3 Å². The molecule has 1 amide bonds. The molecule has 0 bridgehead atoms. The van der Waals surface area contributed by atoms with Gasteiger partial charge in [-0.2, -0.15) is 0 Å². The minimum absolute atomic E-state index is 0.0600. The second-order valence-electron chi connectivity index (χ2n) is 4.84. The molecule has 1 aliphatic rings. The van der Waals surface area contributed by atoms with Crippen molar-refractivity contribution in [3.05, 3.63) is 0 Å². The number of likely N-dealkylation sites (N-methyl/N-ethyl adjacent to an activating group) is 1. The molecule has 5 heteroatoms. The van der Waals surface area contributed by atoms with Crippen LogP contribution in [0.25, 0.3) is 0 Å². The van der Waals surface area contributed by atoms with Crippen LogP contribution in [0.4, 0.5) is 0 Å². The second kappa shape index (κ2) is 5.12. The van der Waals surface area contributed by atoms with Crippen LogP contribution >= 0.6 is 0 Å². The maximum atomic E-state index is 11.6. The summed E-state index contributed by atoms with van der Waals surface area (Å²) in [5, 5.41) is 3.20. The van der Waals surface area contributed by atoms with E-state index in [1.54, 1.807) is 19.0 Å². The van der Waals surface area contributed by atoms with Gasteiger partial charge >= 0.3 is 0 Å². The number of amides is 1. The molecule has 0 saturated carbocycles. The van der Waals surface area contributed by atoms with Crippen LogP contribution < -0.4 is 5.32 Å². The minimum Gasteiger partial charge on any atom is -0.349 e. The van der Waals surface area contributed by atoms with Crippen molar-refractivity contribution in [3.8, 4) is 0 Å². The van der Waals surface area contributed by atoms with Crippen LogP contribution in [0.2, 0.25) is 0 Å². The fraction of sp³-hybridized carbons (Fsp3) is 0.909. The lowest BCUT2D eigenvalue weighted by Crippen LogP contribution is -2.54. The third-order valence-corrected chi connectivity index (χ3v) is 2.56. The van der Waals surface area contributed by atoms with Gasteiger partial charge in [-0.05, 0) is 20.8 Å². The van der Waals surface area contributed by atoms with Crippen molar-refractivity contribution in [1.29, 1.82) is 0 Å². The highest BCUT2D eigenvalue weighted by Gasteiger charge is 2.29. The zero-order valence-corrected chi connectivity index (χ0v) is 10.7. The standard InChI is InChI=1S/C11H22N2O3/c1-8(10(14)13(4)5)12-9-6-15-11(2,3)16-7-9/h8-9,12H,6-7H2,1-5H3. The third kappa shape index (κ3) is 3.73. The van der Waals surface area contributed by atoms with Crippen LogP contribution in [0.15, 0.2) is 0 Å². The molecule has 1 saturated heterocycles. The second-order valence-corrected chi connectivity index (χ2v) is 4.84. The van der Waals surface area contributed by atoms with E-state index in [0.29, 0.717) is 13.2 Å². The quantitative estimate of drug-likeness (QED) is 0.752. The fourth-order valence-electron chi connectivity index (χ4n) is 1.60. The predicted molar refractivity (Wildman–Crippen MR) is 61.1 cm³/mol. The van der Waals surface area contributed by atoms with Gasteiger partial charge in [0.1, 0.15) is 0 Å². The molecule has 0 spiro atoms. The fourth-order valence-corrected chi connectivity index (χ4v) is 1.60. The molecular weight excluding hydrogens is 208 g/mol. The Morgan fingerprint density at radius 3 is 2.31 bits per heavy atom. The molecule has 94 valence electrons. The number of nitrogens with one attached hydrogen (secondary N) is 1. The summed E-state index contributed by atoms with van der Waals surface area (Å²) in [5.41, 5.74) is 0. The van der Waals surface area contributed by atoms with Crippen molar-refractivity contribution in [2.45, 2.75) is 38.6 Å². The van der Waals surface area contributed by atoms with Gasteiger partial charge in [-0.1, -0.05) is 0 Å². The van der Waals surface area contributed by atoms with Gasteiger partial charge in [0.2, 0.25) is 5.91 Å². The first-order chi connectivity index (χ1) is 7.32. The maximum absolute atomic E-state index is 11.6. The van der Waals surface area contributed by atoms with Gasteiger partial charge in [0.15, 0.2) is 5.79 Å². The number of ether oxygens (including phenoxy) is 2. The lowest BCUT2D eigenvalue weighted by molar-refractivity contribution is -0.253. The van der Waals surface area contributed by atoms with Crippen LogP contribution in [0.3, 0.4) is 0 Å². The first-order valence-electron chi connectivity index (χ1n) is 5.57. The molecule has 1 aliphatic heterocycles. The van der Waals surface area contributed by atoms with Gasteiger partial charge < -0.3 is 14.4 Å². The molecule has 1 rings (SSSR count). The first kappa shape index (κ1) is 13.4. The van der Waals surface area contributed by atoms with Gasteiger partial charge in [0.05, 0.1) is 25.3 Å². The average molecular weight is 230 g/mol. The normalized spacial score (nSPS) is 22.8. The molecule has 1 heterocycles. The van der Waals surface area contributed by atoms with E-state index >= 15 is 0 Å². The van der Waals surface area contributed by atoms with Crippen LogP contribution in [-0.2, 0) is 14.3 Å². The summed E-state index contributed by atoms with van der Waals surface area (Å²) in [6.45, 7) is 6.76. The van der Waals surface area contributed by atoms with Gasteiger partial charge in [-0.15, -0.1) is 0 Å². The molecule has 0 radical (unpaired) electrons. The molecule has 1 N–H and O–H groups in total. The molecule has 1 atom stereocenters. The summed E-state index contributed by atoms with van der Waals surface area (Å²) in [6, 6.07) is -0.139. The van der Waals surface area contributed by atoms with E-state index in [2.05, 4.69) is 5.32 Å². The Labute approximate surface area is 97.1 Å². The van der Waals surface area contributed by atoms with Crippen molar-refractivity contribution >= 4 is 5.91 Å². The number of carbonyl (C=O) groups is 1. The smallest absolute Gasteiger partial charge is 0.238 e. The van der Waals surface area contributed by atoms with Gasteiger partial charge in [0, 0.05) is 14.1 Å².